The van der Waals surface area contributed by atoms with Gasteiger partial charge in [0.25, 0.3) is 11.8 Å². The molecule has 2 rings (SSSR count). The molecule has 0 radical (unpaired) electrons. The summed E-state index contributed by atoms with van der Waals surface area (Å²) in [7, 11) is -1.02. The number of nitrogens with zero attached hydrogens (tertiary/aromatic N) is 1. The van der Waals surface area contributed by atoms with E-state index in [1.165, 1.54) is 50.5 Å². The highest BCUT2D eigenvalue weighted by molar-refractivity contribution is 7.89. The third-order valence-corrected chi connectivity index (χ3v) is 5.30. The number of rotatable bonds is 6. The lowest BCUT2D eigenvalue weighted by Crippen LogP contribution is -2.41. The van der Waals surface area contributed by atoms with Crippen LogP contribution in [0.2, 0.25) is 0 Å². The largest absolute Gasteiger partial charge is 0.435 e. The van der Waals surface area contributed by atoms with Gasteiger partial charge in [-0.25, -0.2) is 12.7 Å². The maximum Gasteiger partial charge on any atom is 0.387 e. The highest BCUT2D eigenvalue weighted by Gasteiger charge is 2.19. The SMILES string of the molecule is CN(C)S(=O)(=O)c1cccc(C(=O)NNC(=O)c2cccc(OC(F)F)c2)c1. The number of amides is 2. The second-order valence-electron chi connectivity index (χ2n) is 5.63. The Morgan fingerprint density at radius 2 is 1.50 bits per heavy atom. The summed E-state index contributed by atoms with van der Waals surface area (Å²) in [5, 5.41) is 0. The van der Waals surface area contributed by atoms with Gasteiger partial charge in [0.2, 0.25) is 10.0 Å². The van der Waals surface area contributed by atoms with Crippen molar-refractivity contribution in [3.63, 3.8) is 0 Å². The van der Waals surface area contributed by atoms with Crippen molar-refractivity contribution in [3.05, 3.63) is 59.7 Å². The van der Waals surface area contributed by atoms with Crippen LogP contribution in [0.1, 0.15) is 20.7 Å². The van der Waals surface area contributed by atoms with Crippen molar-refractivity contribution in [1.29, 1.82) is 0 Å². The average Bonchev–Trinajstić information content (AvgIpc) is 2.65. The molecule has 0 aliphatic carbocycles. The van der Waals surface area contributed by atoms with Crippen molar-refractivity contribution in [3.8, 4) is 5.75 Å². The summed E-state index contributed by atoms with van der Waals surface area (Å²) in [6, 6.07) is 10.3. The number of benzene rings is 2. The zero-order valence-electron chi connectivity index (χ0n) is 14.8. The normalized spacial score (nSPS) is 11.4. The van der Waals surface area contributed by atoms with E-state index in [9.17, 15) is 26.8 Å². The predicted octanol–water partition coefficient (Wildman–Crippen LogP) is 1.61. The van der Waals surface area contributed by atoms with Gasteiger partial charge in [-0.3, -0.25) is 20.4 Å². The number of alkyl halides is 2. The Morgan fingerprint density at radius 3 is 2.04 bits per heavy atom. The maximum absolute atomic E-state index is 12.2. The van der Waals surface area contributed by atoms with Crippen LogP contribution in [0.15, 0.2) is 53.4 Å². The molecule has 0 saturated carbocycles. The van der Waals surface area contributed by atoms with Crippen molar-refractivity contribution in [2.45, 2.75) is 11.5 Å². The van der Waals surface area contributed by atoms with E-state index in [4.69, 9.17) is 0 Å². The van der Waals surface area contributed by atoms with E-state index in [1.54, 1.807) is 0 Å². The number of nitrogens with one attached hydrogen (secondary N) is 2. The fourth-order valence-electron chi connectivity index (χ4n) is 2.08. The minimum absolute atomic E-state index is 0.00184. The molecule has 150 valence electrons. The molecular weight excluding hydrogens is 396 g/mol. The lowest BCUT2D eigenvalue weighted by Gasteiger charge is -2.12. The third-order valence-electron chi connectivity index (χ3n) is 3.49. The first kappa shape index (κ1) is 21.3. The van der Waals surface area contributed by atoms with E-state index in [0.29, 0.717) is 0 Å². The lowest BCUT2D eigenvalue weighted by molar-refractivity contribution is -0.0498. The number of hydrazine groups is 1. The van der Waals surface area contributed by atoms with Gasteiger partial charge in [-0.1, -0.05) is 12.1 Å². The van der Waals surface area contributed by atoms with Gasteiger partial charge in [-0.2, -0.15) is 8.78 Å². The number of halogens is 2. The molecule has 2 amide bonds. The lowest BCUT2D eigenvalue weighted by atomic mass is 10.2. The first-order chi connectivity index (χ1) is 13.1. The van der Waals surface area contributed by atoms with Crippen LogP contribution in [-0.4, -0.2) is 45.2 Å². The minimum atomic E-state index is -3.73. The first-order valence-electron chi connectivity index (χ1n) is 7.79. The van der Waals surface area contributed by atoms with Crippen LogP contribution in [0.3, 0.4) is 0 Å². The Balaban J connectivity index is 2.07. The maximum atomic E-state index is 12.2. The minimum Gasteiger partial charge on any atom is -0.435 e. The van der Waals surface area contributed by atoms with Gasteiger partial charge in [0.15, 0.2) is 0 Å². The Bertz CT molecular complexity index is 980. The summed E-state index contributed by atoms with van der Waals surface area (Å²) >= 11 is 0. The van der Waals surface area contributed by atoms with E-state index >= 15 is 0 Å². The van der Waals surface area contributed by atoms with Crippen LogP contribution in [0, 0.1) is 0 Å². The number of hydrogen-bond donors (Lipinski definition) is 2. The first-order valence-corrected chi connectivity index (χ1v) is 9.23. The molecule has 0 aromatic heterocycles. The van der Waals surface area contributed by atoms with Gasteiger partial charge in [0, 0.05) is 25.2 Å². The Morgan fingerprint density at radius 1 is 0.964 bits per heavy atom. The number of sulfonamides is 1. The summed E-state index contributed by atoms with van der Waals surface area (Å²) in [6.45, 7) is -3.04. The Labute approximate surface area is 160 Å². The van der Waals surface area contributed by atoms with Crippen LogP contribution < -0.4 is 15.6 Å². The standard InChI is InChI=1S/C17H17F2N3O5S/c1-22(2)28(25,26)14-8-4-6-12(10-14)16(24)21-20-15(23)11-5-3-7-13(9-11)27-17(18)19/h3-10,17H,1-2H3,(H,20,23)(H,21,24). The van der Waals surface area contributed by atoms with Crippen LogP contribution >= 0.6 is 0 Å². The highest BCUT2D eigenvalue weighted by atomic mass is 32.2. The van der Waals surface area contributed by atoms with Crippen LogP contribution in [-0.2, 0) is 10.0 Å². The molecule has 0 fully saturated rings. The summed E-state index contributed by atoms with van der Waals surface area (Å²) in [4.78, 5) is 24.2. The van der Waals surface area contributed by atoms with Gasteiger partial charge in [-0.15, -0.1) is 0 Å². The molecule has 0 aliphatic rings. The van der Waals surface area contributed by atoms with Gasteiger partial charge in [0.05, 0.1) is 4.90 Å². The quantitative estimate of drug-likeness (QED) is 0.701. The van der Waals surface area contributed by atoms with Gasteiger partial charge in [0.1, 0.15) is 5.75 Å². The molecule has 2 aromatic carbocycles. The van der Waals surface area contributed by atoms with Gasteiger partial charge in [-0.05, 0) is 36.4 Å². The van der Waals surface area contributed by atoms with Crippen LogP contribution in [0.25, 0.3) is 0 Å². The zero-order valence-corrected chi connectivity index (χ0v) is 15.7. The fourth-order valence-corrected chi connectivity index (χ4v) is 3.03. The topological polar surface area (TPSA) is 105 Å². The molecule has 2 aromatic rings. The molecule has 11 heteroatoms. The monoisotopic (exact) mass is 413 g/mol. The van der Waals surface area contributed by atoms with Crippen molar-refractivity contribution >= 4 is 21.8 Å². The molecular formula is C17H17F2N3O5S. The van der Waals surface area contributed by atoms with Crippen molar-refractivity contribution in [2.24, 2.45) is 0 Å². The van der Waals surface area contributed by atoms with Gasteiger partial charge >= 0.3 is 6.61 Å². The second-order valence-corrected chi connectivity index (χ2v) is 7.78. The molecule has 0 saturated heterocycles. The molecule has 0 atom stereocenters. The number of carbonyl (C=O) groups is 2. The summed E-state index contributed by atoms with van der Waals surface area (Å²) in [6.07, 6.45) is 0. The molecule has 28 heavy (non-hydrogen) atoms. The fraction of sp³-hybridized carbons (Fsp3) is 0.176. The third kappa shape index (κ3) is 5.24. The van der Waals surface area contributed by atoms with Crippen LogP contribution in [0.4, 0.5) is 8.78 Å². The van der Waals surface area contributed by atoms with E-state index < -0.39 is 28.4 Å². The van der Waals surface area contributed by atoms with E-state index in [2.05, 4.69) is 15.6 Å². The summed E-state index contributed by atoms with van der Waals surface area (Å²) in [5.74, 6) is -1.75. The summed E-state index contributed by atoms with van der Waals surface area (Å²) < 4.78 is 53.9. The molecule has 0 spiro atoms. The van der Waals surface area contributed by atoms with Gasteiger partial charge < -0.3 is 4.74 Å². The molecule has 0 aliphatic heterocycles. The van der Waals surface area contributed by atoms with Crippen molar-refractivity contribution in [1.82, 2.24) is 15.2 Å². The Hall–Kier alpha value is -3.05. The molecule has 0 unspecified atom stereocenters. The molecule has 8 nitrogen and oxygen atoms in total. The second kappa shape index (κ2) is 8.76. The zero-order chi connectivity index (χ0) is 20.9. The number of carbonyl (C=O) groups excluding carboxylic acids is 2. The molecule has 2 N–H and O–H groups in total. The van der Waals surface area contributed by atoms with E-state index in [-0.39, 0.29) is 21.8 Å². The van der Waals surface area contributed by atoms with Crippen molar-refractivity contribution in [2.75, 3.05) is 14.1 Å². The molecule has 0 heterocycles. The predicted molar refractivity (Wildman–Crippen MR) is 95.3 cm³/mol. The summed E-state index contributed by atoms with van der Waals surface area (Å²) in [5.41, 5.74) is 4.22. The number of ether oxygens (including phenoxy) is 1. The Kier molecular flexibility index (Phi) is 6.65. The number of hydrogen-bond acceptors (Lipinski definition) is 5. The average molecular weight is 413 g/mol. The smallest absolute Gasteiger partial charge is 0.387 e. The molecule has 0 bridgehead atoms. The van der Waals surface area contributed by atoms with E-state index in [1.807, 2.05) is 0 Å². The highest BCUT2D eigenvalue weighted by Crippen LogP contribution is 2.16. The van der Waals surface area contributed by atoms with Crippen molar-refractivity contribution < 1.29 is 31.5 Å². The van der Waals surface area contributed by atoms with Crippen LogP contribution in [0.5, 0.6) is 5.75 Å². The van der Waals surface area contributed by atoms with E-state index in [0.717, 1.165) is 16.4 Å².